The molecule has 1 aliphatic rings. The summed E-state index contributed by atoms with van der Waals surface area (Å²) in [5.41, 5.74) is 5.52. The van der Waals surface area contributed by atoms with Gasteiger partial charge in [0.05, 0.1) is 16.3 Å². The SMILES string of the molecule is CCCS(=O)(=O)Nc1cccc(NC(=O)c2cc3c(s2)-c2ccccc2CC3)c1C. The van der Waals surface area contributed by atoms with Crippen LogP contribution in [0.15, 0.2) is 48.5 Å². The van der Waals surface area contributed by atoms with E-state index in [4.69, 9.17) is 0 Å². The van der Waals surface area contributed by atoms with E-state index in [9.17, 15) is 13.2 Å². The highest BCUT2D eigenvalue weighted by atomic mass is 32.2. The van der Waals surface area contributed by atoms with E-state index in [0.29, 0.717) is 28.2 Å². The number of carbonyl (C=O) groups excluding carboxylic acids is 1. The van der Waals surface area contributed by atoms with E-state index in [-0.39, 0.29) is 11.7 Å². The maximum absolute atomic E-state index is 13.0. The van der Waals surface area contributed by atoms with Gasteiger partial charge in [0, 0.05) is 10.6 Å². The standard InChI is InChI=1S/C23H24N2O3S2/c1-3-13-30(27,28)25-20-10-6-9-19(15(20)2)24-23(26)21-14-17-12-11-16-7-4-5-8-18(16)22(17)29-21/h4-10,14,25H,3,11-13H2,1-2H3,(H,24,26). The molecule has 0 saturated heterocycles. The number of benzene rings is 2. The molecular formula is C23H24N2O3S2. The van der Waals surface area contributed by atoms with E-state index < -0.39 is 10.0 Å². The molecule has 0 bridgehead atoms. The average molecular weight is 441 g/mol. The summed E-state index contributed by atoms with van der Waals surface area (Å²) in [6.07, 6.45) is 2.46. The third-order valence-electron chi connectivity index (χ3n) is 5.28. The predicted molar refractivity (Wildman–Crippen MR) is 124 cm³/mol. The molecule has 30 heavy (non-hydrogen) atoms. The van der Waals surface area contributed by atoms with Crippen LogP contribution >= 0.6 is 11.3 Å². The second-order valence-electron chi connectivity index (χ2n) is 7.48. The van der Waals surface area contributed by atoms with Gasteiger partial charge in [0.2, 0.25) is 10.0 Å². The van der Waals surface area contributed by atoms with Crippen molar-refractivity contribution >= 4 is 38.6 Å². The Morgan fingerprint density at radius 3 is 2.57 bits per heavy atom. The first-order chi connectivity index (χ1) is 14.4. The third-order valence-corrected chi connectivity index (χ3v) is 7.96. The normalized spacial score (nSPS) is 12.7. The van der Waals surface area contributed by atoms with Gasteiger partial charge in [-0.3, -0.25) is 9.52 Å². The summed E-state index contributed by atoms with van der Waals surface area (Å²) in [6, 6.07) is 15.5. The average Bonchev–Trinajstić information content (AvgIpc) is 3.16. The maximum atomic E-state index is 13.0. The van der Waals surface area contributed by atoms with E-state index >= 15 is 0 Å². The van der Waals surface area contributed by atoms with Gasteiger partial charge in [0.25, 0.3) is 5.91 Å². The zero-order valence-electron chi connectivity index (χ0n) is 17.0. The Kier molecular flexibility index (Phi) is 5.66. The molecule has 0 fully saturated rings. The molecule has 1 aromatic heterocycles. The summed E-state index contributed by atoms with van der Waals surface area (Å²) in [6.45, 7) is 3.62. The molecule has 7 heteroatoms. The number of carbonyl (C=O) groups is 1. The van der Waals surface area contributed by atoms with Gasteiger partial charge < -0.3 is 5.32 Å². The quantitative estimate of drug-likeness (QED) is 0.551. The van der Waals surface area contributed by atoms with E-state index in [1.165, 1.54) is 32.9 Å². The summed E-state index contributed by atoms with van der Waals surface area (Å²) in [5, 5.41) is 2.95. The van der Waals surface area contributed by atoms with Crippen LogP contribution in [0.4, 0.5) is 11.4 Å². The number of thiophene rings is 1. The molecule has 2 aromatic carbocycles. The monoisotopic (exact) mass is 440 g/mol. The topological polar surface area (TPSA) is 75.3 Å². The molecule has 156 valence electrons. The van der Waals surface area contributed by atoms with Crippen molar-refractivity contribution in [2.24, 2.45) is 0 Å². The molecule has 0 atom stereocenters. The van der Waals surface area contributed by atoms with Crippen molar-refractivity contribution in [2.75, 3.05) is 15.8 Å². The highest BCUT2D eigenvalue weighted by Crippen LogP contribution is 2.39. The Morgan fingerprint density at radius 1 is 1.03 bits per heavy atom. The van der Waals surface area contributed by atoms with Gasteiger partial charge in [0.15, 0.2) is 0 Å². The van der Waals surface area contributed by atoms with Crippen molar-refractivity contribution in [1.29, 1.82) is 0 Å². The minimum Gasteiger partial charge on any atom is -0.321 e. The number of nitrogens with one attached hydrogen (secondary N) is 2. The highest BCUT2D eigenvalue weighted by Gasteiger charge is 2.22. The first-order valence-corrected chi connectivity index (χ1v) is 12.5. The van der Waals surface area contributed by atoms with Crippen molar-refractivity contribution in [3.63, 3.8) is 0 Å². The molecule has 0 saturated carbocycles. The van der Waals surface area contributed by atoms with E-state index in [1.54, 1.807) is 25.1 Å². The van der Waals surface area contributed by atoms with Crippen LogP contribution in [0.5, 0.6) is 0 Å². The Morgan fingerprint density at radius 2 is 1.77 bits per heavy atom. The maximum Gasteiger partial charge on any atom is 0.265 e. The fraction of sp³-hybridized carbons (Fsp3) is 0.261. The van der Waals surface area contributed by atoms with Gasteiger partial charge in [0.1, 0.15) is 0 Å². The van der Waals surface area contributed by atoms with Crippen molar-refractivity contribution in [3.8, 4) is 10.4 Å². The number of hydrogen-bond donors (Lipinski definition) is 2. The van der Waals surface area contributed by atoms with Crippen LogP contribution in [0.3, 0.4) is 0 Å². The second-order valence-corrected chi connectivity index (χ2v) is 10.4. The lowest BCUT2D eigenvalue weighted by Gasteiger charge is -2.15. The number of hydrogen-bond acceptors (Lipinski definition) is 4. The molecule has 5 nitrogen and oxygen atoms in total. The van der Waals surface area contributed by atoms with E-state index in [1.807, 2.05) is 19.1 Å². The molecule has 0 radical (unpaired) electrons. The van der Waals surface area contributed by atoms with Crippen LogP contribution in [0, 0.1) is 6.92 Å². The number of fused-ring (bicyclic) bond motifs is 3. The molecule has 0 spiro atoms. The zero-order chi connectivity index (χ0) is 21.3. The van der Waals surface area contributed by atoms with Gasteiger partial charge >= 0.3 is 0 Å². The molecule has 3 aromatic rings. The Labute approximate surface area is 181 Å². The Bertz CT molecular complexity index is 1210. The predicted octanol–water partition coefficient (Wildman–Crippen LogP) is 5.23. The van der Waals surface area contributed by atoms with E-state index in [0.717, 1.165) is 12.8 Å². The smallest absolute Gasteiger partial charge is 0.265 e. The summed E-state index contributed by atoms with van der Waals surface area (Å²) in [5.74, 6) is -0.117. The van der Waals surface area contributed by atoms with Crippen LogP contribution in [-0.2, 0) is 22.9 Å². The fourth-order valence-electron chi connectivity index (χ4n) is 3.74. The molecule has 1 amide bonds. The number of amides is 1. The first kappa shape index (κ1) is 20.6. The van der Waals surface area contributed by atoms with Gasteiger partial charge in [-0.2, -0.15) is 0 Å². The van der Waals surface area contributed by atoms with Gasteiger partial charge in [-0.1, -0.05) is 37.3 Å². The van der Waals surface area contributed by atoms with Crippen molar-refractivity contribution in [2.45, 2.75) is 33.1 Å². The molecular weight excluding hydrogens is 416 g/mol. The van der Waals surface area contributed by atoms with Gasteiger partial charge in [-0.05, 0) is 66.6 Å². The van der Waals surface area contributed by atoms with Gasteiger partial charge in [-0.15, -0.1) is 11.3 Å². The lowest BCUT2D eigenvalue weighted by atomic mass is 9.91. The lowest BCUT2D eigenvalue weighted by molar-refractivity contribution is 0.103. The molecule has 0 aliphatic heterocycles. The van der Waals surface area contributed by atoms with Crippen LogP contribution in [0.2, 0.25) is 0 Å². The molecule has 1 heterocycles. The van der Waals surface area contributed by atoms with Crippen LogP contribution in [0.1, 0.15) is 39.7 Å². The molecule has 1 aliphatic carbocycles. The largest absolute Gasteiger partial charge is 0.321 e. The molecule has 2 N–H and O–H groups in total. The Balaban J connectivity index is 1.57. The Hall–Kier alpha value is -2.64. The summed E-state index contributed by atoms with van der Waals surface area (Å²) in [4.78, 5) is 14.8. The summed E-state index contributed by atoms with van der Waals surface area (Å²) >= 11 is 1.51. The summed E-state index contributed by atoms with van der Waals surface area (Å²) in [7, 11) is -3.40. The number of rotatable bonds is 6. The van der Waals surface area contributed by atoms with Crippen LogP contribution in [-0.4, -0.2) is 20.1 Å². The lowest BCUT2D eigenvalue weighted by Crippen LogP contribution is -2.18. The highest BCUT2D eigenvalue weighted by molar-refractivity contribution is 7.92. The number of aryl methyl sites for hydroxylation is 2. The van der Waals surface area contributed by atoms with Gasteiger partial charge in [-0.25, -0.2) is 8.42 Å². The minimum absolute atomic E-state index is 0.0608. The van der Waals surface area contributed by atoms with E-state index in [2.05, 4.69) is 28.2 Å². The van der Waals surface area contributed by atoms with Crippen LogP contribution < -0.4 is 10.0 Å². The van der Waals surface area contributed by atoms with Crippen molar-refractivity contribution in [1.82, 2.24) is 0 Å². The van der Waals surface area contributed by atoms with Crippen molar-refractivity contribution in [3.05, 3.63) is 70.1 Å². The minimum atomic E-state index is -3.40. The molecule has 0 unspecified atom stereocenters. The van der Waals surface area contributed by atoms with Crippen LogP contribution in [0.25, 0.3) is 10.4 Å². The number of sulfonamides is 1. The molecule has 4 rings (SSSR count). The van der Waals surface area contributed by atoms with Crippen molar-refractivity contribution < 1.29 is 13.2 Å². The first-order valence-electron chi connectivity index (χ1n) is 10.0. The fourth-order valence-corrected chi connectivity index (χ4v) is 6.10. The second kappa shape index (κ2) is 8.24. The zero-order valence-corrected chi connectivity index (χ0v) is 18.6. The number of anilines is 2. The third kappa shape index (κ3) is 4.13. The summed E-state index contributed by atoms with van der Waals surface area (Å²) < 4.78 is 26.9.